The summed E-state index contributed by atoms with van der Waals surface area (Å²) < 4.78 is 0. The number of nitrogens with zero attached hydrogens (tertiary/aromatic N) is 2. The average molecular weight is 379 g/mol. The highest BCUT2D eigenvalue weighted by atomic mass is 32.1. The Balaban J connectivity index is 1.36. The highest BCUT2D eigenvalue weighted by Crippen LogP contribution is 2.53. The fraction of sp³-hybridized carbons (Fsp3) is 0.300. The van der Waals surface area contributed by atoms with Crippen LogP contribution in [0.5, 0.6) is 0 Å². The fourth-order valence-electron chi connectivity index (χ4n) is 4.50. The molecule has 1 N–H and O–H groups in total. The molecule has 2 aromatic rings. The average Bonchev–Trinajstić information content (AvgIpc) is 3.41. The van der Waals surface area contributed by atoms with Crippen molar-refractivity contribution in [3.05, 3.63) is 53.1 Å². The van der Waals surface area contributed by atoms with Crippen LogP contribution >= 0.6 is 11.3 Å². The second-order valence-electron chi connectivity index (χ2n) is 7.31. The summed E-state index contributed by atoms with van der Waals surface area (Å²) in [6.45, 7) is 1.86. The summed E-state index contributed by atoms with van der Waals surface area (Å²) in [4.78, 5) is 43.5. The maximum Gasteiger partial charge on any atom is 0.257 e. The molecule has 6 nitrogen and oxygen atoms in total. The predicted molar refractivity (Wildman–Crippen MR) is 101 cm³/mol. The molecule has 4 atom stereocenters. The van der Waals surface area contributed by atoms with Gasteiger partial charge in [-0.25, -0.2) is 4.98 Å². The van der Waals surface area contributed by atoms with Crippen molar-refractivity contribution in [3.63, 3.8) is 0 Å². The van der Waals surface area contributed by atoms with Gasteiger partial charge in [0.25, 0.3) is 5.91 Å². The van der Waals surface area contributed by atoms with E-state index in [4.69, 9.17) is 0 Å². The van der Waals surface area contributed by atoms with E-state index in [1.165, 1.54) is 16.2 Å². The zero-order valence-electron chi connectivity index (χ0n) is 14.6. The normalized spacial score (nSPS) is 28.1. The van der Waals surface area contributed by atoms with Crippen molar-refractivity contribution in [2.24, 2.45) is 23.7 Å². The van der Waals surface area contributed by atoms with Gasteiger partial charge >= 0.3 is 0 Å². The molecule has 0 radical (unpaired) electrons. The molecule has 2 fully saturated rings. The van der Waals surface area contributed by atoms with E-state index < -0.39 is 0 Å². The Hall–Kier alpha value is -2.80. The van der Waals surface area contributed by atoms with Crippen LogP contribution in [-0.4, -0.2) is 22.7 Å². The highest BCUT2D eigenvalue weighted by molar-refractivity contribution is 7.13. The number of imide groups is 1. The topological polar surface area (TPSA) is 79.4 Å². The molecule has 4 unspecified atom stereocenters. The molecule has 7 heteroatoms. The lowest BCUT2D eigenvalue weighted by Crippen LogP contribution is -2.32. The van der Waals surface area contributed by atoms with Crippen molar-refractivity contribution in [1.82, 2.24) is 4.98 Å². The lowest BCUT2D eigenvalue weighted by atomic mass is 9.85. The Morgan fingerprint density at radius 3 is 2.30 bits per heavy atom. The standard InChI is InChI=1S/C20H17N3O3S/c1-10-9-27-20(21-10)22-17(24)11-4-6-14(7-5-11)23-18(25)15-12-2-3-13(8-12)16(15)19(23)26/h2-7,9,12-13,15-16H,8H2,1H3,(H,21,22,24). The van der Waals surface area contributed by atoms with Gasteiger partial charge in [0.1, 0.15) is 0 Å². The minimum atomic E-state index is -0.269. The van der Waals surface area contributed by atoms with Crippen molar-refractivity contribution in [2.45, 2.75) is 13.3 Å². The molecule has 1 aliphatic heterocycles. The monoisotopic (exact) mass is 379 g/mol. The summed E-state index contributed by atoms with van der Waals surface area (Å²) in [5.74, 6) is -0.558. The maximum atomic E-state index is 12.8. The fourth-order valence-corrected chi connectivity index (χ4v) is 5.18. The van der Waals surface area contributed by atoms with E-state index in [-0.39, 0.29) is 41.4 Å². The Kier molecular flexibility index (Phi) is 3.55. The lowest BCUT2D eigenvalue weighted by molar-refractivity contribution is -0.123. The van der Waals surface area contributed by atoms with Crippen molar-refractivity contribution >= 4 is 39.9 Å². The van der Waals surface area contributed by atoms with Gasteiger partial charge in [0, 0.05) is 10.9 Å². The number of fused-ring (bicyclic) bond motifs is 5. The van der Waals surface area contributed by atoms with E-state index >= 15 is 0 Å². The molecular formula is C20H17N3O3S. The van der Waals surface area contributed by atoms with Crippen LogP contribution < -0.4 is 10.2 Å². The van der Waals surface area contributed by atoms with Crippen LogP contribution in [0, 0.1) is 30.6 Å². The number of hydrogen-bond donors (Lipinski definition) is 1. The van der Waals surface area contributed by atoms with Crippen LogP contribution in [0.2, 0.25) is 0 Å². The number of allylic oxidation sites excluding steroid dienone is 2. The van der Waals surface area contributed by atoms with Crippen molar-refractivity contribution < 1.29 is 14.4 Å². The van der Waals surface area contributed by atoms with E-state index in [1.54, 1.807) is 24.3 Å². The molecule has 3 aliphatic rings. The van der Waals surface area contributed by atoms with Crippen molar-refractivity contribution in [1.29, 1.82) is 0 Å². The minimum absolute atomic E-state index is 0.114. The number of aromatic nitrogens is 1. The van der Waals surface area contributed by atoms with Gasteiger partial charge in [-0.05, 0) is 49.4 Å². The van der Waals surface area contributed by atoms with Gasteiger partial charge in [-0.3, -0.25) is 24.6 Å². The number of hydrogen-bond acceptors (Lipinski definition) is 5. The number of nitrogens with one attached hydrogen (secondary N) is 1. The van der Waals surface area contributed by atoms with Crippen molar-refractivity contribution in [2.75, 3.05) is 10.2 Å². The van der Waals surface area contributed by atoms with Gasteiger partial charge in [-0.1, -0.05) is 12.2 Å². The number of rotatable bonds is 3. The van der Waals surface area contributed by atoms with Crippen molar-refractivity contribution in [3.8, 4) is 0 Å². The van der Waals surface area contributed by atoms with Gasteiger partial charge in [-0.15, -0.1) is 11.3 Å². The molecule has 136 valence electrons. The molecule has 2 aliphatic carbocycles. The minimum Gasteiger partial charge on any atom is -0.298 e. The van der Waals surface area contributed by atoms with Gasteiger partial charge in [0.2, 0.25) is 11.8 Å². The first-order chi connectivity index (χ1) is 13.0. The molecule has 5 rings (SSSR count). The Morgan fingerprint density at radius 1 is 1.11 bits per heavy atom. The lowest BCUT2D eigenvalue weighted by Gasteiger charge is -2.17. The van der Waals surface area contributed by atoms with Crippen LogP contribution in [0.25, 0.3) is 0 Å². The van der Waals surface area contributed by atoms with Crippen LogP contribution in [-0.2, 0) is 9.59 Å². The molecule has 27 heavy (non-hydrogen) atoms. The van der Waals surface area contributed by atoms with Gasteiger partial charge in [-0.2, -0.15) is 0 Å². The molecule has 0 spiro atoms. The largest absolute Gasteiger partial charge is 0.298 e. The number of carbonyl (C=O) groups is 3. The van der Waals surface area contributed by atoms with Crippen LogP contribution in [0.1, 0.15) is 22.5 Å². The number of aryl methyl sites for hydroxylation is 1. The van der Waals surface area contributed by atoms with Crippen LogP contribution in [0.3, 0.4) is 0 Å². The summed E-state index contributed by atoms with van der Waals surface area (Å²) in [7, 11) is 0. The first-order valence-electron chi connectivity index (χ1n) is 8.92. The SMILES string of the molecule is Cc1csc(NC(=O)c2ccc(N3C(=O)C4C5C=CC(C5)C4C3=O)cc2)n1. The summed E-state index contributed by atoms with van der Waals surface area (Å²) in [5, 5.41) is 5.16. The predicted octanol–water partition coefficient (Wildman–Crippen LogP) is 3.02. The van der Waals surface area contributed by atoms with E-state index in [9.17, 15) is 14.4 Å². The Morgan fingerprint density at radius 2 is 1.74 bits per heavy atom. The third-order valence-electron chi connectivity index (χ3n) is 5.70. The number of amides is 3. The number of anilines is 2. The van der Waals surface area contributed by atoms with Gasteiger partial charge in [0.15, 0.2) is 5.13 Å². The quantitative estimate of drug-likeness (QED) is 0.657. The number of carbonyl (C=O) groups excluding carboxylic acids is 3. The molecular weight excluding hydrogens is 362 g/mol. The summed E-state index contributed by atoms with van der Waals surface area (Å²) in [6.07, 6.45) is 5.07. The Labute approximate surface area is 159 Å². The molecule has 1 aromatic carbocycles. The maximum absolute atomic E-state index is 12.8. The van der Waals surface area contributed by atoms with Crippen LogP contribution in [0.15, 0.2) is 41.8 Å². The van der Waals surface area contributed by atoms with Gasteiger partial charge < -0.3 is 0 Å². The molecule has 1 aromatic heterocycles. The summed E-state index contributed by atoms with van der Waals surface area (Å²) in [6, 6.07) is 6.59. The number of benzene rings is 1. The second kappa shape index (κ2) is 5.85. The molecule has 2 bridgehead atoms. The van der Waals surface area contributed by atoms with E-state index in [0.717, 1.165) is 12.1 Å². The van der Waals surface area contributed by atoms with E-state index in [0.29, 0.717) is 16.4 Å². The van der Waals surface area contributed by atoms with E-state index in [2.05, 4.69) is 22.5 Å². The van der Waals surface area contributed by atoms with Gasteiger partial charge in [0.05, 0.1) is 23.2 Å². The molecule has 3 amide bonds. The zero-order valence-corrected chi connectivity index (χ0v) is 15.4. The smallest absolute Gasteiger partial charge is 0.257 e. The zero-order chi connectivity index (χ0) is 18.7. The molecule has 1 saturated carbocycles. The first kappa shape index (κ1) is 16.4. The second-order valence-corrected chi connectivity index (χ2v) is 8.16. The summed E-state index contributed by atoms with van der Waals surface area (Å²) >= 11 is 1.37. The molecule has 1 saturated heterocycles. The number of thiazole rings is 1. The third kappa shape index (κ3) is 2.45. The summed E-state index contributed by atoms with van der Waals surface area (Å²) in [5.41, 5.74) is 1.83. The highest BCUT2D eigenvalue weighted by Gasteiger charge is 2.59. The third-order valence-corrected chi connectivity index (χ3v) is 6.57. The first-order valence-corrected chi connectivity index (χ1v) is 9.80. The van der Waals surface area contributed by atoms with E-state index in [1.807, 2.05) is 12.3 Å². The molecule has 2 heterocycles. The Bertz CT molecular complexity index is 964. The van der Waals surface area contributed by atoms with Crippen LogP contribution in [0.4, 0.5) is 10.8 Å².